The van der Waals surface area contributed by atoms with E-state index in [1.165, 1.54) is 0 Å². The molecule has 0 fully saturated rings. The van der Waals surface area contributed by atoms with E-state index in [1.54, 1.807) is 12.3 Å². The van der Waals surface area contributed by atoms with Crippen molar-refractivity contribution >= 4 is 5.78 Å². The Balaban J connectivity index is 2.58. The fraction of sp³-hybridized carbons (Fsp3) is 0.538. The topological polar surface area (TPSA) is 50.1 Å². The molecule has 1 aliphatic heterocycles. The Morgan fingerprint density at radius 1 is 1.50 bits per heavy atom. The van der Waals surface area contributed by atoms with E-state index in [4.69, 9.17) is 10.00 Å². The predicted octanol–water partition coefficient (Wildman–Crippen LogP) is 2.35. The lowest BCUT2D eigenvalue weighted by Gasteiger charge is -2.47. The van der Waals surface area contributed by atoms with Crippen molar-refractivity contribution in [1.82, 2.24) is 0 Å². The number of nitrogens with zero attached hydrogens (tertiary/aromatic N) is 1. The highest BCUT2D eigenvalue weighted by Gasteiger charge is 2.53. The van der Waals surface area contributed by atoms with Crippen LogP contribution in [0.15, 0.2) is 24.0 Å². The van der Waals surface area contributed by atoms with Gasteiger partial charge in [-0.15, -0.1) is 0 Å². The summed E-state index contributed by atoms with van der Waals surface area (Å²) in [6.07, 6.45) is 5.99. The number of nitriles is 1. The summed E-state index contributed by atoms with van der Waals surface area (Å²) in [6.45, 7) is 5.73. The lowest BCUT2D eigenvalue weighted by atomic mass is 9.61. The van der Waals surface area contributed by atoms with E-state index in [1.807, 2.05) is 32.9 Å². The van der Waals surface area contributed by atoms with E-state index in [-0.39, 0.29) is 22.9 Å². The lowest BCUT2D eigenvalue weighted by molar-refractivity contribution is -0.137. The molecule has 0 unspecified atom stereocenters. The lowest BCUT2D eigenvalue weighted by Crippen LogP contribution is -2.52. The van der Waals surface area contributed by atoms with Gasteiger partial charge in [0.05, 0.1) is 17.3 Å². The van der Waals surface area contributed by atoms with Crippen LogP contribution in [0.1, 0.15) is 27.2 Å². The second kappa shape index (κ2) is 3.21. The van der Waals surface area contributed by atoms with Gasteiger partial charge in [0.25, 0.3) is 0 Å². The SMILES string of the molecule is CC1(C)C(=O)C(C#N)=C[C@]2(C)CC=CO[C@H]12. The van der Waals surface area contributed by atoms with Gasteiger partial charge < -0.3 is 4.74 Å². The first-order chi connectivity index (χ1) is 7.42. The van der Waals surface area contributed by atoms with Gasteiger partial charge in [0.1, 0.15) is 12.2 Å². The molecule has 2 atom stereocenters. The maximum Gasteiger partial charge on any atom is 0.182 e. The summed E-state index contributed by atoms with van der Waals surface area (Å²) in [6, 6.07) is 2.00. The first-order valence-electron chi connectivity index (χ1n) is 5.40. The minimum absolute atomic E-state index is 0.118. The number of carbonyl (C=O) groups is 1. The molecule has 0 N–H and O–H groups in total. The monoisotopic (exact) mass is 217 g/mol. The van der Waals surface area contributed by atoms with Gasteiger partial charge in [-0.3, -0.25) is 4.79 Å². The smallest absolute Gasteiger partial charge is 0.182 e. The van der Waals surface area contributed by atoms with Crippen molar-refractivity contribution in [3.8, 4) is 6.07 Å². The average Bonchev–Trinajstić information content (AvgIpc) is 2.24. The summed E-state index contributed by atoms with van der Waals surface area (Å²) in [4.78, 5) is 12.1. The van der Waals surface area contributed by atoms with E-state index in [0.717, 1.165) is 6.42 Å². The molecule has 0 aromatic heterocycles. The zero-order chi connectivity index (χ0) is 12.0. The molecule has 0 bridgehead atoms. The van der Waals surface area contributed by atoms with Crippen LogP contribution in [0.4, 0.5) is 0 Å². The van der Waals surface area contributed by atoms with Gasteiger partial charge in [0, 0.05) is 5.41 Å². The summed E-state index contributed by atoms with van der Waals surface area (Å²) in [5.41, 5.74) is -0.626. The van der Waals surface area contributed by atoms with Gasteiger partial charge in [-0.05, 0) is 26.3 Å². The van der Waals surface area contributed by atoms with Crippen molar-refractivity contribution in [2.75, 3.05) is 0 Å². The highest BCUT2D eigenvalue weighted by atomic mass is 16.5. The number of hydrogen-bond acceptors (Lipinski definition) is 3. The zero-order valence-electron chi connectivity index (χ0n) is 9.78. The van der Waals surface area contributed by atoms with Gasteiger partial charge in [-0.1, -0.05) is 13.0 Å². The third-order valence-electron chi connectivity index (χ3n) is 3.55. The van der Waals surface area contributed by atoms with Crippen LogP contribution >= 0.6 is 0 Å². The molecule has 3 heteroatoms. The Labute approximate surface area is 95.4 Å². The van der Waals surface area contributed by atoms with Gasteiger partial charge in [0.2, 0.25) is 0 Å². The van der Waals surface area contributed by atoms with Gasteiger partial charge >= 0.3 is 0 Å². The molecule has 2 rings (SSSR count). The molecule has 84 valence electrons. The maximum atomic E-state index is 12.1. The highest BCUT2D eigenvalue weighted by Crippen LogP contribution is 2.48. The molecule has 0 aromatic rings. The maximum absolute atomic E-state index is 12.1. The fourth-order valence-corrected chi connectivity index (χ4v) is 2.77. The summed E-state index contributed by atoms with van der Waals surface area (Å²) >= 11 is 0. The second-order valence-electron chi connectivity index (χ2n) is 5.32. The molecule has 0 radical (unpaired) electrons. The summed E-state index contributed by atoms with van der Waals surface area (Å²) in [5, 5.41) is 9.00. The Morgan fingerprint density at radius 3 is 2.81 bits per heavy atom. The number of carbonyl (C=O) groups excluding carboxylic acids is 1. The van der Waals surface area contributed by atoms with Gasteiger partial charge in [0.15, 0.2) is 5.78 Å². The minimum Gasteiger partial charge on any atom is -0.496 e. The number of hydrogen-bond donors (Lipinski definition) is 0. The Hall–Kier alpha value is -1.56. The van der Waals surface area contributed by atoms with E-state index < -0.39 is 5.41 Å². The normalized spacial score (nSPS) is 35.8. The molecule has 1 aliphatic carbocycles. The van der Waals surface area contributed by atoms with Gasteiger partial charge in [-0.2, -0.15) is 5.26 Å². The van der Waals surface area contributed by atoms with Crippen LogP contribution in [0.25, 0.3) is 0 Å². The van der Waals surface area contributed by atoms with Crippen molar-refractivity contribution in [1.29, 1.82) is 5.26 Å². The molecule has 3 nitrogen and oxygen atoms in total. The van der Waals surface area contributed by atoms with Crippen LogP contribution in [-0.2, 0) is 9.53 Å². The third-order valence-corrected chi connectivity index (χ3v) is 3.55. The number of Topliss-reactive ketones (excluding diaryl/α,β-unsaturated/α-hetero) is 1. The third kappa shape index (κ3) is 1.30. The van der Waals surface area contributed by atoms with E-state index in [2.05, 4.69) is 0 Å². The first kappa shape index (κ1) is 10.9. The van der Waals surface area contributed by atoms with Crippen LogP contribution in [0, 0.1) is 22.2 Å². The molecule has 0 amide bonds. The summed E-state index contributed by atoms with van der Waals surface area (Å²) in [7, 11) is 0. The number of allylic oxidation sites excluding steroid dienone is 2. The van der Waals surface area contributed by atoms with Crippen molar-refractivity contribution in [3.05, 3.63) is 24.0 Å². The Kier molecular flexibility index (Phi) is 2.20. The van der Waals surface area contributed by atoms with Crippen LogP contribution in [-0.4, -0.2) is 11.9 Å². The van der Waals surface area contributed by atoms with E-state index in [0.29, 0.717) is 0 Å². The molecule has 2 aliphatic rings. The number of ether oxygens (including phenoxy) is 1. The zero-order valence-corrected chi connectivity index (χ0v) is 9.78. The fourth-order valence-electron chi connectivity index (χ4n) is 2.77. The van der Waals surface area contributed by atoms with Crippen LogP contribution < -0.4 is 0 Å². The highest BCUT2D eigenvalue weighted by molar-refractivity contribution is 6.04. The van der Waals surface area contributed by atoms with E-state index >= 15 is 0 Å². The number of rotatable bonds is 0. The van der Waals surface area contributed by atoms with Gasteiger partial charge in [-0.25, -0.2) is 0 Å². The Bertz CT molecular complexity index is 439. The second-order valence-corrected chi connectivity index (χ2v) is 5.32. The quantitative estimate of drug-likeness (QED) is 0.625. The van der Waals surface area contributed by atoms with Crippen LogP contribution in [0.2, 0.25) is 0 Å². The number of ketones is 1. The molecule has 0 aromatic carbocycles. The molecule has 0 spiro atoms. The largest absolute Gasteiger partial charge is 0.496 e. The molecule has 16 heavy (non-hydrogen) atoms. The number of fused-ring (bicyclic) bond motifs is 1. The van der Waals surface area contributed by atoms with Crippen LogP contribution in [0.5, 0.6) is 0 Å². The van der Waals surface area contributed by atoms with Crippen LogP contribution in [0.3, 0.4) is 0 Å². The van der Waals surface area contributed by atoms with Crippen molar-refractivity contribution in [2.24, 2.45) is 10.8 Å². The minimum atomic E-state index is -0.640. The molecule has 0 saturated heterocycles. The predicted molar refractivity (Wildman–Crippen MR) is 59.2 cm³/mol. The average molecular weight is 217 g/mol. The first-order valence-corrected chi connectivity index (χ1v) is 5.40. The molecular formula is C13H15NO2. The van der Waals surface area contributed by atoms with E-state index in [9.17, 15) is 4.79 Å². The summed E-state index contributed by atoms with van der Waals surface area (Å²) in [5.74, 6) is -0.118. The Morgan fingerprint density at radius 2 is 2.19 bits per heavy atom. The molecule has 1 heterocycles. The summed E-state index contributed by atoms with van der Waals surface area (Å²) < 4.78 is 5.61. The standard InChI is InChI=1S/C13H15NO2/c1-12(2)10(15)9(8-14)7-13(3)5-4-6-16-11(12)13/h4,6-7,11H,5H2,1-3H3/t11-,13+/m1/s1. The molecular weight excluding hydrogens is 202 g/mol. The van der Waals surface area contributed by atoms with Crippen molar-refractivity contribution in [3.63, 3.8) is 0 Å². The van der Waals surface area contributed by atoms with Crippen molar-refractivity contribution < 1.29 is 9.53 Å². The van der Waals surface area contributed by atoms with Crippen molar-refractivity contribution in [2.45, 2.75) is 33.3 Å². The molecule has 0 saturated carbocycles.